The molecule has 0 aromatic carbocycles. The zero-order valence-corrected chi connectivity index (χ0v) is 33.0. The van der Waals surface area contributed by atoms with Crippen molar-refractivity contribution in [2.24, 2.45) is 0 Å². The molecule has 48 heavy (non-hydrogen) atoms. The van der Waals surface area contributed by atoms with Gasteiger partial charge in [-0.2, -0.15) is 0 Å². The van der Waals surface area contributed by atoms with Gasteiger partial charge < -0.3 is 18.8 Å². The fourth-order valence-corrected chi connectivity index (χ4v) is 14.4. The van der Waals surface area contributed by atoms with Crippen molar-refractivity contribution in [3.63, 3.8) is 0 Å². The Kier molecular flexibility index (Phi) is 29.0. The van der Waals surface area contributed by atoms with Crippen LogP contribution in [-0.2, 0) is 77.8 Å². The average Bonchev–Trinajstić information content (AvgIpc) is 2.74. The Morgan fingerprint density at radius 3 is 1.02 bits per heavy atom. The third kappa shape index (κ3) is 33.1. The predicted octanol–water partition coefficient (Wildman–Crippen LogP) is -14.0. The number of sulfone groups is 2. The Morgan fingerprint density at radius 2 is 0.750 bits per heavy atom. The number of aliphatic hydroxyl groups is 1. The van der Waals surface area contributed by atoms with E-state index >= 15 is 0 Å². The maximum atomic E-state index is 11.8. The summed E-state index contributed by atoms with van der Waals surface area (Å²) in [7, 11) is -35.4. The van der Waals surface area contributed by atoms with Gasteiger partial charge >= 0.3 is 56.6 Å². The van der Waals surface area contributed by atoms with Gasteiger partial charge in [0.15, 0.2) is 24.8 Å². The molecule has 1 unspecified atom stereocenters. The van der Waals surface area contributed by atoms with Crippen LogP contribution in [0.5, 0.6) is 0 Å². The van der Waals surface area contributed by atoms with Crippen LogP contribution >= 0.6 is 0 Å². The molecule has 2 N–H and O–H groups in total. The predicted molar refractivity (Wildman–Crippen MR) is 156 cm³/mol. The summed E-state index contributed by atoms with van der Waals surface area (Å²) in [4.78, 5) is 0. The van der Waals surface area contributed by atoms with Crippen LogP contribution in [-0.4, -0.2) is 150 Å². The second-order valence-electron chi connectivity index (χ2n) is 9.26. The molecule has 0 saturated carbocycles. The Morgan fingerprint density at radius 1 is 0.479 bits per heavy atom. The molecule has 32 heteroatoms. The summed E-state index contributed by atoms with van der Waals surface area (Å²) in [5.41, 5.74) is 0. The van der Waals surface area contributed by atoms with E-state index in [-0.39, 0.29) is 63.0 Å². The van der Waals surface area contributed by atoms with Gasteiger partial charge in [-0.3, -0.25) is 0 Å². The van der Waals surface area contributed by atoms with Crippen molar-refractivity contribution in [3.8, 4) is 0 Å². The topological polar surface area (TPSA) is 375 Å². The fourth-order valence-electron chi connectivity index (χ4n) is 2.80. The van der Waals surface area contributed by atoms with Crippen molar-refractivity contribution in [2.75, 3.05) is 57.7 Å². The molecular formula is C16H34Li3NO20S8. The molecule has 0 aromatic heterocycles. The molecule has 0 aliphatic heterocycles. The van der Waals surface area contributed by atoms with Gasteiger partial charge in [0.25, 0.3) is 17.7 Å². The minimum Gasteiger partial charge on any atom is -0.748 e. The van der Waals surface area contributed by atoms with Gasteiger partial charge in [0.1, 0.15) is 0 Å². The molecule has 0 heterocycles. The largest absolute Gasteiger partial charge is 1.00 e. The molecule has 0 aliphatic carbocycles. The van der Waals surface area contributed by atoms with E-state index in [0.717, 1.165) is 0 Å². The van der Waals surface area contributed by atoms with Gasteiger partial charge in [0.2, 0.25) is 10.0 Å². The van der Waals surface area contributed by atoms with E-state index in [1.165, 1.54) is 6.92 Å². The fraction of sp³-hybridized carbons (Fsp3) is 1.00. The number of hydrogen-bond acceptors (Lipinski definition) is 20. The number of aliphatic hydroxyl groups excluding tert-OH is 1. The van der Waals surface area contributed by atoms with Crippen LogP contribution in [0.25, 0.3) is 0 Å². The number of nitrogens with one attached hydrogen (secondary N) is 1. The summed E-state index contributed by atoms with van der Waals surface area (Å²) >= 11 is 0. The van der Waals surface area contributed by atoms with Crippen LogP contribution in [0.2, 0.25) is 0 Å². The van der Waals surface area contributed by atoms with E-state index in [4.69, 9.17) is 5.11 Å². The summed E-state index contributed by atoms with van der Waals surface area (Å²) < 4.78 is 210. The van der Waals surface area contributed by atoms with Gasteiger partial charge in [-0.1, -0.05) is 0 Å². The maximum absolute atomic E-state index is 11.8. The molecule has 0 spiro atoms. The first-order valence-electron chi connectivity index (χ1n) is 12.0. The minimum absolute atomic E-state index is 0. The molecule has 0 fully saturated rings. The molecular weight excluding hydrogens is 804 g/mol. The zero-order chi connectivity index (χ0) is 36.2. The standard InChI is InChI=1S/C10H23NO10S4.C6H14O10S4.3Li/c1-10(8-12)11-24(17,18)6-2-4-22(13,14)9-23(15,16)5-3-7-25(19,20)21;7-17(8,9)3-1-5-19(13,14)20(15,16)6-2-4-18(10,11)12;;;/h10-12H,2-9H2,1H3,(H,19,20,21);1-6H2,(H,7,8,9)(H,10,11,12);;;/q;;3*+1/p-3. The van der Waals surface area contributed by atoms with E-state index in [0.29, 0.717) is 0 Å². The van der Waals surface area contributed by atoms with E-state index in [1.54, 1.807) is 0 Å². The van der Waals surface area contributed by atoms with E-state index in [9.17, 15) is 81.0 Å². The first-order valence-corrected chi connectivity index (χ1v) is 25.9. The van der Waals surface area contributed by atoms with Crippen LogP contribution < -0.4 is 61.3 Å². The summed E-state index contributed by atoms with van der Waals surface area (Å²) in [5, 5.41) is 7.50. The number of sulfonamides is 1. The zero-order valence-electron chi connectivity index (χ0n) is 26.4. The van der Waals surface area contributed by atoms with Crippen molar-refractivity contribution in [2.45, 2.75) is 38.6 Å². The van der Waals surface area contributed by atoms with E-state index in [2.05, 4.69) is 4.72 Å². The molecule has 0 radical (unpaired) electrons. The monoisotopic (exact) mass is 837 g/mol. The smallest absolute Gasteiger partial charge is 0.748 e. The Hall–Kier alpha value is 1.19. The van der Waals surface area contributed by atoms with Crippen LogP contribution in [0.4, 0.5) is 0 Å². The average molecular weight is 838 g/mol. The Bertz CT molecular complexity index is 1780. The molecule has 0 bridgehead atoms. The van der Waals surface area contributed by atoms with E-state index < -0.39 is 161 Å². The van der Waals surface area contributed by atoms with Crippen LogP contribution in [0.1, 0.15) is 32.6 Å². The molecule has 274 valence electrons. The third-order valence-corrected chi connectivity index (χ3v) is 19.0. The van der Waals surface area contributed by atoms with Crippen LogP contribution in [0.3, 0.4) is 0 Å². The molecule has 0 rings (SSSR count). The molecule has 0 aromatic rings. The Labute approximate surface area is 318 Å². The van der Waals surface area contributed by atoms with Crippen molar-refractivity contribution >= 4 is 77.8 Å². The van der Waals surface area contributed by atoms with Gasteiger partial charge in [0.05, 0.1) is 65.7 Å². The first kappa shape index (κ1) is 58.5. The van der Waals surface area contributed by atoms with Crippen molar-refractivity contribution in [1.29, 1.82) is 0 Å². The third-order valence-electron chi connectivity index (χ3n) is 4.70. The molecule has 1 atom stereocenters. The summed E-state index contributed by atoms with van der Waals surface area (Å²) in [6, 6.07) is -0.737. The Balaban J connectivity index is -0.000000247. The normalized spacial score (nSPS) is 13.9. The second-order valence-corrected chi connectivity index (χ2v) is 26.5. The summed E-state index contributed by atoms with van der Waals surface area (Å²) in [6.07, 6.45) is -2.23. The molecule has 0 aliphatic rings. The quantitative estimate of drug-likeness (QED) is 0.0580. The van der Waals surface area contributed by atoms with Gasteiger partial charge in [-0.15, -0.1) is 0 Å². The van der Waals surface area contributed by atoms with Crippen molar-refractivity contribution in [1.82, 2.24) is 4.72 Å². The molecule has 0 saturated heterocycles. The number of rotatable bonds is 22. The summed E-state index contributed by atoms with van der Waals surface area (Å²) in [6.45, 7) is 0.970. The van der Waals surface area contributed by atoms with Gasteiger partial charge in [0, 0.05) is 23.3 Å². The van der Waals surface area contributed by atoms with Crippen molar-refractivity contribution < 1.29 is 143 Å². The SMILES string of the molecule is CC(CO)NS(=O)(=O)CCCS(=O)(=O)CS(=O)(=O)CCCS(=O)(=O)[O-].O=S(=O)([O-])CCCS(=O)(=O)S(=O)(=O)CCCS(=O)(=O)[O-].[Li+].[Li+].[Li+]. The van der Waals surface area contributed by atoms with Gasteiger partial charge in [-0.05, 0) is 32.6 Å². The summed E-state index contributed by atoms with van der Waals surface area (Å²) in [5.74, 6) is -7.15. The first-order chi connectivity index (χ1) is 19.7. The molecule has 0 amide bonds. The van der Waals surface area contributed by atoms with Gasteiger partial charge in [-0.25, -0.2) is 72.1 Å². The second kappa shape index (κ2) is 23.8. The van der Waals surface area contributed by atoms with E-state index in [1.807, 2.05) is 0 Å². The minimum atomic E-state index is -4.73. The van der Waals surface area contributed by atoms with Crippen LogP contribution in [0.15, 0.2) is 0 Å². The van der Waals surface area contributed by atoms with Crippen LogP contribution in [0, 0.1) is 0 Å². The maximum Gasteiger partial charge on any atom is 1.00 e. The van der Waals surface area contributed by atoms with Crippen molar-refractivity contribution in [3.05, 3.63) is 0 Å². The molecule has 21 nitrogen and oxygen atoms in total. The number of hydrogen-bond donors (Lipinski definition) is 2.